The van der Waals surface area contributed by atoms with Crippen molar-refractivity contribution in [1.29, 1.82) is 0 Å². The molecule has 0 radical (unpaired) electrons. The number of benzene rings is 3. The van der Waals surface area contributed by atoms with Crippen LogP contribution in [-0.4, -0.2) is 15.6 Å². The molecule has 26 heavy (non-hydrogen) atoms. The molecule has 0 atom stereocenters. The number of anilines is 1. The van der Waals surface area contributed by atoms with Gasteiger partial charge in [0, 0.05) is 18.1 Å². The molecule has 0 fully saturated rings. The van der Waals surface area contributed by atoms with Gasteiger partial charge >= 0.3 is 5.69 Å². The molecule has 0 saturated heterocycles. The minimum absolute atomic E-state index is 0.113. The van der Waals surface area contributed by atoms with Gasteiger partial charge in [0.1, 0.15) is 5.69 Å². The van der Waals surface area contributed by atoms with Crippen molar-refractivity contribution in [2.24, 2.45) is 5.10 Å². The van der Waals surface area contributed by atoms with Crippen molar-refractivity contribution in [2.45, 2.75) is 6.42 Å². The summed E-state index contributed by atoms with van der Waals surface area (Å²) in [5, 5.41) is 28.5. The quantitative estimate of drug-likeness (QED) is 0.565. The fourth-order valence-corrected chi connectivity index (χ4v) is 3.06. The Morgan fingerprint density at radius 1 is 0.962 bits per heavy atom. The molecule has 0 amide bonds. The van der Waals surface area contributed by atoms with E-state index in [4.69, 9.17) is 0 Å². The highest BCUT2D eigenvalue weighted by Gasteiger charge is 2.24. The number of non-ortho nitro benzene ring substituents is 1. The number of nitrogens with one attached hydrogen (secondary N) is 1. The second kappa shape index (κ2) is 5.92. The van der Waals surface area contributed by atoms with Crippen LogP contribution >= 0.6 is 0 Å². The first-order valence-electron chi connectivity index (χ1n) is 7.81. The lowest BCUT2D eigenvalue weighted by Crippen LogP contribution is -2.21. The lowest BCUT2D eigenvalue weighted by atomic mass is 9.82. The first-order chi connectivity index (χ1) is 12.5. The molecule has 3 aromatic rings. The van der Waals surface area contributed by atoms with Gasteiger partial charge in [-0.3, -0.25) is 25.7 Å². The van der Waals surface area contributed by atoms with E-state index < -0.39 is 9.85 Å². The van der Waals surface area contributed by atoms with Crippen LogP contribution in [0.15, 0.2) is 59.7 Å². The summed E-state index contributed by atoms with van der Waals surface area (Å²) in [5.41, 5.74) is 5.05. The predicted octanol–water partition coefficient (Wildman–Crippen LogP) is 4.03. The van der Waals surface area contributed by atoms with Crippen LogP contribution in [0, 0.1) is 20.2 Å². The van der Waals surface area contributed by atoms with Crippen LogP contribution in [0.3, 0.4) is 0 Å². The first-order valence-corrected chi connectivity index (χ1v) is 7.81. The Balaban J connectivity index is 1.65. The van der Waals surface area contributed by atoms with Gasteiger partial charge in [0.15, 0.2) is 0 Å². The molecule has 1 N–H and O–H groups in total. The Labute approximate surface area is 147 Å². The average molecular weight is 348 g/mol. The van der Waals surface area contributed by atoms with Gasteiger partial charge in [0.25, 0.3) is 5.69 Å². The minimum Gasteiger partial charge on any atom is -0.271 e. The number of hydrogen-bond acceptors (Lipinski definition) is 6. The molecule has 128 valence electrons. The standard InChI is InChI=1S/C18H12N4O4/c23-21(24)12-6-8-16(18(9-12)22(25)26)19-20-17-10-15-13-4-2-1-3-11(13)5-7-14(15)17/h1-9,19H,10H2/b20-17+. The molecule has 1 aliphatic carbocycles. The van der Waals surface area contributed by atoms with Crippen molar-refractivity contribution in [3.05, 3.63) is 86.0 Å². The average Bonchev–Trinajstić information content (AvgIpc) is 2.61. The normalized spacial score (nSPS) is 13.9. The zero-order chi connectivity index (χ0) is 18.3. The summed E-state index contributed by atoms with van der Waals surface area (Å²) < 4.78 is 0. The molecular formula is C18H12N4O4. The summed E-state index contributed by atoms with van der Waals surface area (Å²) in [5.74, 6) is 0. The van der Waals surface area contributed by atoms with Crippen molar-refractivity contribution < 1.29 is 9.85 Å². The molecule has 0 bridgehead atoms. The van der Waals surface area contributed by atoms with E-state index in [1.54, 1.807) is 0 Å². The fourth-order valence-electron chi connectivity index (χ4n) is 3.06. The maximum atomic E-state index is 11.2. The van der Waals surface area contributed by atoms with Gasteiger partial charge < -0.3 is 0 Å². The molecule has 1 aliphatic rings. The van der Waals surface area contributed by atoms with E-state index in [0.29, 0.717) is 6.42 Å². The van der Waals surface area contributed by atoms with Gasteiger partial charge in [-0.05, 0) is 22.4 Å². The van der Waals surface area contributed by atoms with Crippen LogP contribution in [0.5, 0.6) is 0 Å². The highest BCUT2D eigenvalue weighted by molar-refractivity contribution is 6.15. The van der Waals surface area contributed by atoms with Crippen molar-refractivity contribution in [2.75, 3.05) is 5.43 Å². The lowest BCUT2D eigenvalue weighted by molar-refractivity contribution is -0.393. The summed E-state index contributed by atoms with van der Waals surface area (Å²) in [6.45, 7) is 0. The highest BCUT2D eigenvalue weighted by Crippen LogP contribution is 2.33. The van der Waals surface area contributed by atoms with E-state index in [2.05, 4.69) is 16.6 Å². The van der Waals surface area contributed by atoms with Crippen LogP contribution in [0.2, 0.25) is 0 Å². The van der Waals surface area contributed by atoms with Crippen LogP contribution in [0.25, 0.3) is 10.8 Å². The summed E-state index contributed by atoms with van der Waals surface area (Å²) >= 11 is 0. The monoisotopic (exact) mass is 348 g/mol. The molecule has 0 saturated carbocycles. The molecule has 3 aromatic carbocycles. The number of nitrogens with zero attached hydrogens (tertiary/aromatic N) is 3. The van der Waals surface area contributed by atoms with Gasteiger partial charge in [-0.15, -0.1) is 0 Å². The Hall–Kier alpha value is -3.81. The molecular weight excluding hydrogens is 336 g/mol. The van der Waals surface area contributed by atoms with Crippen LogP contribution < -0.4 is 5.43 Å². The van der Waals surface area contributed by atoms with Gasteiger partial charge in [-0.1, -0.05) is 36.4 Å². The maximum absolute atomic E-state index is 11.2. The number of nitro groups is 2. The molecule has 0 aliphatic heterocycles. The largest absolute Gasteiger partial charge is 0.301 e. The number of hydrazone groups is 1. The molecule has 0 unspecified atom stereocenters. The summed E-state index contributed by atoms with van der Waals surface area (Å²) in [4.78, 5) is 20.6. The van der Waals surface area contributed by atoms with Crippen LogP contribution in [-0.2, 0) is 6.42 Å². The topological polar surface area (TPSA) is 111 Å². The molecule has 8 heteroatoms. The fraction of sp³-hybridized carbons (Fsp3) is 0.0556. The second-order valence-electron chi connectivity index (χ2n) is 5.88. The van der Waals surface area contributed by atoms with Crippen molar-refractivity contribution in [3.63, 3.8) is 0 Å². The zero-order valence-electron chi connectivity index (χ0n) is 13.4. The molecule has 0 spiro atoms. The van der Waals surface area contributed by atoms with Crippen LogP contribution in [0.4, 0.5) is 17.1 Å². The third-order valence-electron chi connectivity index (χ3n) is 4.40. The number of rotatable bonds is 4. The van der Waals surface area contributed by atoms with Crippen molar-refractivity contribution in [3.8, 4) is 0 Å². The predicted molar refractivity (Wildman–Crippen MR) is 97.6 cm³/mol. The SMILES string of the molecule is O=[N+]([O-])c1ccc(N/N=C2\Cc3c2ccc2ccccc32)c([N+](=O)[O-])c1. The maximum Gasteiger partial charge on any atom is 0.301 e. The minimum atomic E-state index is -0.671. The Kier molecular flexibility index (Phi) is 3.58. The van der Waals surface area contributed by atoms with E-state index in [1.165, 1.54) is 23.1 Å². The summed E-state index contributed by atoms with van der Waals surface area (Å²) in [7, 11) is 0. The molecule has 0 heterocycles. The van der Waals surface area contributed by atoms with E-state index in [-0.39, 0.29) is 17.1 Å². The highest BCUT2D eigenvalue weighted by atomic mass is 16.6. The third-order valence-corrected chi connectivity index (χ3v) is 4.40. The van der Waals surface area contributed by atoms with Crippen molar-refractivity contribution >= 4 is 33.5 Å². The van der Waals surface area contributed by atoms with Crippen LogP contribution in [0.1, 0.15) is 11.1 Å². The molecule has 8 nitrogen and oxygen atoms in total. The third kappa shape index (κ3) is 2.53. The second-order valence-corrected chi connectivity index (χ2v) is 5.88. The molecule has 0 aromatic heterocycles. The van der Waals surface area contributed by atoms with E-state index >= 15 is 0 Å². The smallest absolute Gasteiger partial charge is 0.271 e. The Morgan fingerprint density at radius 3 is 2.54 bits per heavy atom. The Bertz CT molecular complexity index is 1110. The van der Waals surface area contributed by atoms with Crippen molar-refractivity contribution in [1.82, 2.24) is 0 Å². The van der Waals surface area contributed by atoms with E-state index in [1.807, 2.05) is 30.3 Å². The van der Waals surface area contributed by atoms with Gasteiger partial charge in [0.2, 0.25) is 0 Å². The number of nitro benzene ring substituents is 2. The lowest BCUT2D eigenvalue weighted by Gasteiger charge is -2.23. The zero-order valence-corrected chi connectivity index (χ0v) is 13.4. The first kappa shape index (κ1) is 15.7. The van der Waals surface area contributed by atoms with E-state index in [0.717, 1.165) is 22.7 Å². The van der Waals surface area contributed by atoms with Gasteiger partial charge in [0.05, 0.1) is 21.6 Å². The summed E-state index contributed by atoms with van der Waals surface area (Å²) in [6, 6.07) is 15.5. The Morgan fingerprint density at radius 2 is 1.77 bits per heavy atom. The molecule has 4 rings (SSSR count). The number of hydrogen-bond donors (Lipinski definition) is 1. The number of fused-ring (bicyclic) bond motifs is 3. The van der Waals surface area contributed by atoms with E-state index in [9.17, 15) is 20.2 Å². The van der Waals surface area contributed by atoms with Gasteiger partial charge in [-0.2, -0.15) is 5.10 Å². The summed E-state index contributed by atoms with van der Waals surface area (Å²) in [6.07, 6.45) is 0.657. The van der Waals surface area contributed by atoms with Gasteiger partial charge in [-0.25, -0.2) is 0 Å².